The maximum Gasteiger partial charge on any atom is 0.0474 e. The summed E-state index contributed by atoms with van der Waals surface area (Å²) in [4.78, 5) is 2.25. The largest absolute Gasteiger partial charge is 0.370 e. The van der Waals surface area contributed by atoms with Crippen LogP contribution in [0.2, 0.25) is 5.02 Å². The van der Waals surface area contributed by atoms with Crippen LogP contribution in [0.15, 0.2) is 18.2 Å². The Kier molecular flexibility index (Phi) is 4.65. The van der Waals surface area contributed by atoms with Crippen molar-refractivity contribution >= 4 is 28.1 Å². The van der Waals surface area contributed by atoms with Crippen molar-refractivity contribution in [1.29, 1.82) is 0 Å². The number of benzene rings is 1. The molecule has 0 bridgehead atoms. The first kappa shape index (κ1) is 13.8. The van der Waals surface area contributed by atoms with Crippen LogP contribution in [0.25, 0.3) is 0 Å². The molecule has 1 aliphatic rings. The quantitative estimate of drug-likeness (QED) is 0.924. The Labute approximate surface area is 116 Å². The highest BCUT2D eigenvalue weighted by atomic mass is 35.5. The number of nitrogens with zero attached hydrogens (tertiary/aromatic N) is 1. The van der Waals surface area contributed by atoms with E-state index < -0.39 is 10.8 Å². The lowest BCUT2D eigenvalue weighted by atomic mass is 10.1. The van der Waals surface area contributed by atoms with E-state index in [4.69, 9.17) is 11.6 Å². The van der Waals surface area contributed by atoms with E-state index in [1.54, 1.807) is 0 Å². The average Bonchev–Trinajstić information content (AvgIpc) is 2.38. The number of anilines is 1. The Bertz CT molecular complexity index is 443. The maximum atomic E-state index is 11.3. The minimum atomic E-state index is -0.638. The molecular formula is C13H19ClN2OS. The van der Waals surface area contributed by atoms with Gasteiger partial charge in [-0.25, -0.2) is 0 Å². The van der Waals surface area contributed by atoms with E-state index >= 15 is 0 Å². The molecule has 1 heterocycles. The molecule has 3 nitrogen and oxygen atoms in total. The predicted octanol–water partition coefficient (Wildman–Crippen LogP) is 2.19. The van der Waals surface area contributed by atoms with Crippen molar-refractivity contribution in [1.82, 2.24) is 5.32 Å². The van der Waals surface area contributed by atoms with Crippen LogP contribution in [0.4, 0.5) is 5.69 Å². The molecule has 1 aromatic rings. The van der Waals surface area contributed by atoms with Crippen LogP contribution < -0.4 is 10.2 Å². The lowest BCUT2D eigenvalue weighted by Crippen LogP contribution is -2.37. The summed E-state index contributed by atoms with van der Waals surface area (Å²) in [6, 6.07) is 6.44. The van der Waals surface area contributed by atoms with Crippen molar-refractivity contribution in [2.75, 3.05) is 36.5 Å². The van der Waals surface area contributed by atoms with Crippen LogP contribution in [0, 0.1) is 0 Å². The lowest BCUT2D eigenvalue weighted by Gasteiger charge is -2.29. The van der Waals surface area contributed by atoms with Gasteiger partial charge in [-0.2, -0.15) is 0 Å². The monoisotopic (exact) mass is 286 g/mol. The number of rotatable bonds is 3. The smallest absolute Gasteiger partial charge is 0.0474 e. The molecule has 18 heavy (non-hydrogen) atoms. The third-order valence-electron chi connectivity index (χ3n) is 3.43. The lowest BCUT2D eigenvalue weighted by molar-refractivity contribution is 0.652. The highest BCUT2D eigenvalue weighted by molar-refractivity contribution is 7.85. The summed E-state index contributed by atoms with van der Waals surface area (Å²) in [6.45, 7) is 3.79. The topological polar surface area (TPSA) is 32.3 Å². The zero-order valence-corrected chi connectivity index (χ0v) is 12.4. The predicted molar refractivity (Wildman–Crippen MR) is 79.0 cm³/mol. The van der Waals surface area contributed by atoms with Crippen molar-refractivity contribution in [2.24, 2.45) is 0 Å². The van der Waals surface area contributed by atoms with Gasteiger partial charge in [-0.15, -0.1) is 0 Å². The molecular weight excluding hydrogens is 268 g/mol. The highest BCUT2D eigenvalue weighted by Crippen LogP contribution is 2.28. The van der Waals surface area contributed by atoms with Crippen LogP contribution >= 0.6 is 11.6 Å². The third-order valence-corrected chi connectivity index (χ3v) is 5.03. The molecule has 100 valence electrons. The highest BCUT2D eigenvalue weighted by Gasteiger charge is 2.17. The van der Waals surface area contributed by atoms with E-state index in [0.717, 1.165) is 40.9 Å². The van der Waals surface area contributed by atoms with Gasteiger partial charge in [-0.1, -0.05) is 17.7 Å². The second-order valence-electron chi connectivity index (χ2n) is 4.55. The second-order valence-corrected chi connectivity index (χ2v) is 6.65. The molecule has 0 aliphatic carbocycles. The Morgan fingerprint density at radius 1 is 1.39 bits per heavy atom. The summed E-state index contributed by atoms with van der Waals surface area (Å²) in [5.74, 6) is 1.51. The number of nitrogens with one attached hydrogen (secondary N) is 1. The van der Waals surface area contributed by atoms with E-state index in [-0.39, 0.29) is 6.04 Å². The van der Waals surface area contributed by atoms with E-state index in [1.165, 1.54) is 0 Å². The normalized spacial score (nSPS) is 18.9. The van der Waals surface area contributed by atoms with Crippen LogP contribution in [0.5, 0.6) is 0 Å². The van der Waals surface area contributed by atoms with Crippen molar-refractivity contribution in [3.8, 4) is 0 Å². The number of hydrogen-bond donors (Lipinski definition) is 1. The van der Waals surface area contributed by atoms with Crippen LogP contribution in [-0.4, -0.2) is 35.9 Å². The van der Waals surface area contributed by atoms with Crippen LogP contribution in [0.3, 0.4) is 0 Å². The van der Waals surface area contributed by atoms with Gasteiger partial charge < -0.3 is 10.2 Å². The fourth-order valence-electron chi connectivity index (χ4n) is 2.12. The first-order chi connectivity index (χ1) is 8.61. The van der Waals surface area contributed by atoms with Gasteiger partial charge in [0.1, 0.15) is 0 Å². The fourth-order valence-corrected chi connectivity index (χ4v) is 3.51. The van der Waals surface area contributed by atoms with Gasteiger partial charge in [0.2, 0.25) is 0 Å². The summed E-state index contributed by atoms with van der Waals surface area (Å²) < 4.78 is 11.3. The van der Waals surface area contributed by atoms with Gasteiger partial charge in [0.15, 0.2) is 0 Å². The molecule has 5 heteroatoms. The molecule has 1 unspecified atom stereocenters. The summed E-state index contributed by atoms with van der Waals surface area (Å²) in [5, 5.41) is 3.98. The van der Waals surface area contributed by atoms with Crippen LogP contribution in [-0.2, 0) is 10.8 Å². The molecule has 0 amide bonds. The Balaban J connectivity index is 2.16. The average molecular weight is 287 g/mol. The van der Waals surface area contributed by atoms with Gasteiger partial charge in [0, 0.05) is 52.1 Å². The van der Waals surface area contributed by atoms with Crippen molar-refractivity contribution in [2.45, 2.75) is 13.0 Å². The fraction of sp³-hybridized carbons (Fsp3) is 0.538. The van der Waals surface area contributed by atoms with Crippen molar-refractivity contribution in [3.63, 3.8) is 0 Å². The van der Waals surface area contributed by atoms with Crippen molar-refractivity contribution < 1.29 is 4.21 Å². The molecule has 0 saturated carbocycles. The Hall–Kier alpha value is -0.580. The molecule has 0 aromatic heterocycles. The standard InChI is InChI=1S/C13H19ClN2OS/c1-10(15-2)12-4-3-11(9-13(12)14)16-5-7-18(17)8-6-16/h3-4,9-10,15H,5-8H2,1-2H3. The molecule has 0 spiro atoms. The zero-order chi connectivity index (χ0) is 13.1. The van der Waals surface area contributed by atoms with Gasteiger partial charge in [-0.05, 0) is 31.7 Å². The third kappa shape index (κ3) is 3.05. The zero-order valence-electron chi connectivity index (χ0n) is 10.8. The van der Waals surface area contributed by atoms with Gasteiger partial charge in [0.25, 0.3) is 0 Å². The van der Waals surface area contributed by atoms with Crippen LogP contribution in [0.1, 0.15) is 18.5 Å². The molecule has 1 N–H and O–H groups in total. The molecule has 1 aromatic carbocycles. The molecule has 1 fully saturated rings. The summed E-state index contributed by atoms with van der Waals surface area (Å²) >= 11 is 6.32. The van der Waals surface area contributed by atoms with Crippen molar-refractivity contribution in [3.05, 3.63) is 28.8 Å². The van der Waals surface area contributed by atoms with Gasteiger partial charge >= 0.3 is 0 Å². The van der Waals surface area contributed by atoms with Gasteiger partial charge in [-0.3, -0.25) is 4.21 Å². The van der Waals surface area contributed by atoms with E-state index in [1.807, 2.05) is 13.1 Å². The Morgan fingerprint density at radius 2 is 2.06 bits per heavy atom. The SMILES string of the molecule is CNC(C)c1ccc(N2CCS(=O)CC2)cc1Cl. The molecule has 1 atom stereocenters. The second kappa shape index (κ2) is 6.04. The maximum absolute atomic E-state index is 11.3. The molecule has 2 rings (SSSR count). The molecule has 1 aliphatic heterocycles. The molecule has 1 saturated heterocycles. The minimum Gasteiger partial charge on any atom is -0.370 e. The molecule has 0 radical (unpaired) electrons. The van der Waals surface area contributed by atoms with Gasteiger partial charge in [0.05, 0.1) is 0 Å². The minimum absolute atomic E-state index is 0.250. The van der Waals surface area contributed by atoms with E-state index in [0.29, 0.717) is 0 Å². The number of halogens is 1. The first-order valence-corrected chi connectivity index (χ1v) is 8.05. The first-order valence-electron chi connectivity index (χ1n) is 6.18. The van der Waals surface area contributed by atoms with E-state index in [2.05, 4.69) is 29.3 Å². The summed E-state index contributed by atoms with van der Waals surface area (Å²) in [5.41, 5.74) is 2.24. The Morgan fingerprint density at radius 3 is 2.61 bits per heavy atom. The summed E-state index contributed by atoms with van der Waals surface area (Å²) in [7, 11) is 1.29. The summed E-state index contributed by atoms with van der Waals surface area (Å²) in [6.07, 6.45) is 0. The number of hydrogen-bond acceptors (Lipinski definition) is 3. The van der Waals surface area contributed by atoms with E-state index in [9.17, 15) is 4.21 Å².